The predicted molar refractivity (Wildman–Crippen MR) is 114 cm³/mol. The highest BCUT2D eigenvalue weighted by molar-refractivity contribution is 5.15. The minimum absolute atomic E-state index is 0.00437. The summed E-state index contributed by atoms with van der Waals surface area (Å²) in [4.78, 5) is 0. The van der Waals surface area contributed by atoms with Crippen molar-refractivity contribution in [2.75, 3.05) is 0 Å². The normalized spacial score (nSPS) is 30.6. The van der Waals surface area contributed by atoms with E-state index in [1.54, 1.807) is 19.1 Å². The Kier molecular flexibility index (Phi) is 8.58. The van der Waals surface area contributed by atoms with Gasteiger partial charge in [-0.2, -0.15) is 8.78 Å². The number of rotatable bonds is 8. The number of halogens is 2. The summed E-state index contributed by atoms with van der Waals surface area (Å²) >= 11 is 0. The van der Waals surface area contributed by atoms with Crippen LogP contribution in [0.2, 0.25) is 0 Å². The van der Waals surface area contributed by atoms with Crippen LogP contribution in [0.15, 0.2) is 24.0 Å². The lowest BCUT2D eigenvalue weighted by molar-refractivity contribution is -0.195. The third-order valence-electron chi connectivity index (χ3n) is 7.34. The van der Waals surface area contributed by atoms with Crippen LogP contribution in [0.5, 0.6) is 0 Å². The average molecular weight is 397 g/mol. The van der Waals surface area contributed by atoms with Crippen LogP contribution in [0.4, 0.5) is 8.78 Å². The Hall–Kier alpha value is -0.860. The lowest BCUT2D eigenvalue weighted by Gasteiger charge is -2.41. The highest BCUT2D eigenvalue weighted by Gasteiger charge is 2.35. The maximum atomic E-state index is 13.1. The van der Waals surface area contributed by atoms with E-state index >= 15 is 0 Å². The molecule has 0 bridgehead atoms. The summed E-state index contributed by atoms with van der Waals surface area (Å²) in [6.07, 6.45) is 16.0. The van der Waals surface area contributed by atoms with Crippen LogP contribution in [-0.2, 0) is 4.74 Å². The summed E-state index contributed by atoms with van der Waals surface area (Å²) in [5, 5.41) is 0. The van der Waals surface area contributed by atoms with E-state index in [0.29, 0.717) is 5.92 Å². The fourth-order valence-corrected chi connectivity index (χ4v) is 5.52. The first kappa shape index (κ1) is 23.4. The highest BCUT2D eigenvalue weighted by atomic mass is 19.3. The van der Waals surface area contributed by atoms with Gasteiger partial charge in [0.2, 0.25) is 0 Å². The summed E-state index contributed by atoms with van der Waals surface area (Å²) in [5.41, 5.74) is 0.00437. The molecule has 0 saturated heterocycles. The first-order valence-corrected chi connectivity index (χ1v) is 11.6. The number of ether oxygens (including phenoxy) is 1. The molecular weight excluding hydrogens is 354 g/mol. The summed E-state index contributed by atoms with van der Waals surface area (Å²) < 4.78 is 31.0. The van der Waals surface area contributed by atoms with Crippen molar-refractivity contribution >= 4 is 0 Å². The third-order valence-corrected chi connectivity index (χ3v) is 7.34. The van der Waals surface area contributed by atoms with Crippen molar-refractivity contribution in [2.45, 2.75) is 105 Å². The number of hydrogen-bond acceptors (Lipinski definition) is 1. The van der Waals surface area contributed by atoms with E-state index in [1.807, 2.05) is 0 Å². The van der Waals surface area contributed by atoms with Crippen LogP contribution in [0.1, 0.15) is 98.8 Å². The Labute approximate surface area is 172 Å². The zero-order valence-electron chi connectivity index (χ0n) is 18.8. The van der Waals surface area contributed by atoms with Gasteiger partial charge < -0.3 is 4.74 Å². The molecule has 0 aliphatic heterocycles. The first-order chi connectivity index (χ1) is 13.1. The van der Waals surface area contributed by atoms with Gasteiger partial charge in [-0.25, -0.2) is 0 Å². The Bertz CT molecular complexity index is 513. The average Bonchev–Trinajstić information content (AvgIpc) is 2.65. The quantitative estimate of drug-likeness (QED) is 0.295. The number of alkyl halides is 2. The molecule has 3 heteroatoms. The van der Waals surface area contributed by atoms with Crippen molar-refractivity contribution in [1.29, 1.82) is 0 Å². The standard InChI is InChI=1S/C25H42F2O/c1-6-8-19-9-11-20(12-10-19)21-13-15-22(16-14-21)24(3,4)18-17-23(7-2)28-25(5,26)27/h7,17-22H,6,8-16H2,1-5H3/b18-17-,23-7+. The topological polar surface area (TPSA) is 9.23 Å². The van der Waals surface area contributed by atoms with E-state index in [-0.39, 0.29) is 11.2 Å². The van der Waals surface area contributed by atoms with E-state index < -0.39 is 6.11 Å². The van der Waals surface area contributed by atoms with Crippen LogP contribution >= 0.6 is 0 Å². The summed E-state index contributed by atoms with van der Waals surface area (Å²) in [6, 6.07) is 0. The molecule has 0 heterocycles. The molecule has 2 fully saturated rings. The molecule has 1 nitrogen and oxygen atoms in total. The molecule has 2 saturated carbocycles. The predicted octanol–water partition coefficient (Wildman–Crippen LogP) is 8.51. The van der Waals surface area contributed by atoms with E-state index in [0.717, 1.165) is 24.7 Å². The van der Waals surface area contributed by atoms with E-state index in [2.05, 4.69) is 26.8 Å². The second kappa shape index (κ2) is 10.3. The van der Waals surface area contributed by atoms with Crippen molar-refractivity contribution in [3.05, 3.63) is 24.0 Å². The molecule has 0 aromatic rings. The van der Waals surface area contributed by atoms with Crippen LogP contribution in [0.25, 0.3) is 0 Å². The summed E-state index contributed by atoms with van der Waals surface area (Å²) in [5.74, 6) is 3.71. The van der Waals surface area contributed by atoms with E-state index in [4.69, 9.17) is 4.74 Å². The fourth-order valence-electron chi connectivity index (χ4n) is 5.52. The van der Waals surface area contributed by atoms with E-state index in [1.165, 1.54) is 64.2 Å². The molecule has 0 atom stereocenters. The maximum absolute atomic E-state index is 13.1. The second-order valence-electron chi connectivity index (χ2n) is 9.94. The molecular formula is C25H42F2O. The highest BCUT2D eigenvalue weighted by Crippen LogP contribution is 2.46. The van der Waals surface area contributed by atoms with Crippen molar-refractivity contribution in [3.63, 3.8) is 0 Å². The first-order valence-electron chi connectivity index (χ1n) is 11.6. The minimum atomic E-state index is -3.13. The van der Waals surface area contributed by atoms with Crippen molar-refractivity contribution in [3.8, 4) is 0 Å². The van der Waals surface area contributed by atoms with Crippen LogP contribution in [0, 0.1) is 29.1 Å². The number of hydrogen-bond donors (Lipinski definition) is 0. The van der Waals surface area contributed by atoms with Gasteiger partial charge in [0.25, 0.3) is 0 Å². The lowest BCUT2D eigenvalue weighted by atomic mass is 9.64. The zero-order valence-corrected chi connectivity index (χ0v) is 18.8. The summed E-state index contributed by atoms with van der Waals surface area (Å²) in [6.45, 7) is 9.30. The van der Waals surface area contributed by atoms with Crippen LogP contribution < -0.4 is 0 Å². The molecule has 0 amide bonds. The van der Waals surface area contributed by atoms with Crippen LogP contribution in [-0.4, -0.2) is 6.11 Å². The van der Waals surface area contributed by atoms with E-state index in [9.17, 15) is 8.78 Å². The lowest BCUT2D eigenvalue weighted by Crippen LogP contribution is -2.31. The van der Waals surface area contributed by atoms with Gasteiger partial charge in [0.1, 0.15) is 5.76 Å². The van der Waals surface area contributed by atoms with Gasteiger partial charge in [-0.05, 0) is 86.7 Å². The SMILES string of the molecule is C/C=C(\C=C/C(C)(C)C1CCC(C2CCC(CCC)CC2)CC1)OC(C)(F)F. The van der Waals surface area contributed by atoms with Crippen molar-refractivity contribution in [2.24, 2.45) is 29.1 Å². The molecule has 28 heavy (non-hydrogen) atoms. The van der Waals surface area contributed by atoms with Gasteiger partial charge in [0.15, 0.2) is 0 Å². The Balaban J connectivity index is 1.83. The second-order valence-corrected chi connectivity index (χ2v) is 9.94. The number of allylic oxidation sites excluding steroid dienone is 3. The zero-order chi connectivity index (χ0) is 20.8. The molecule has 0 aromatic carbocycles. The molecule has 0 N–H and O–H groups in total. The largest absolute Gasteiger partial charge is 0.433 e. The van der Waals surface area contributed by atoms with Gasteiger partial charge in [0, 0.05) is 6.92 Å². The molecule has 2 rings (SSSR count). The van der Waals surface area contributed by atoms with Crippen molar-refractivity contribution < 1.29 is 13.5 Å². The monoisotopic (exact) mass is 396 g/mol. The molecule has 0 radical (unpaired) electrons. The van der Waals surface area contributed by atoms with Gasteiger partial charge in [-0.15, -0.1) is 0 Å². The third kappa shape index (κ3) is 7.19. The molecule has 0 aromatic heterocycles. The molecule has 0 spiro atoms. The van der Waals surface area contributed by atoms with Gasteiger partial charge >= 0.3 is 6.11 Å². The maximum Gasteiger partial charge on any atom is 0.394 e. The van der Waals surface area contributed by atoms with Crippen LogP contribution in [0.3, 0.4) is 0 Å². The van der Waals surface area contributed by atoms with Crippen molar-refractivity contribution in [1.82, 2.24) is 0 Å². The fraction of sp³-hybridized carbons (Fsp3) is 0.840. The molecule has 2 aliphatic rings. The Morgan fingerprint density at radius 2 is 1.46 bits per heavy atom. The minimum Gasteiger partial charge on any atom is -0.433 e. The van der Waals surface area contributed by atoms with Gasteiger partial charge in [-0.3, -0.25) is 0 Å². The molecule has 0 unspecified atom stereocenters. The van der Waals surface area contributed by atoms with Gasteiger partial charge in [-0.1, -0.05) is 52.5 Å². The molecule has 162 valence electrons. The van der Waals surface area contributed by atoms with Gasteiger partial charge in [0.05, 0.1) is 0 Å². The Morgan fingerprint density at radius 3 is 1.93 bits per heavy atom. The Morgan fingerprint density at radius 1 is 0.929 bits per heavy atom. The summed E-state index contributed by atoms with van der Waals surface area (Å²) in [7, 11) is 0. The smallest absolute Gasteiger partial charge is 0.394 e. The molecule has 2 aliphatic carbocycles.